The van der Waals surface area contributed by atoms with E-state index in [0.717, 1.165) is 44.9 Å². The summed E-state index contributed by atoms with van der Waals surface area (Å²) in [5.41, 5.74) is 0. The Bertz CT molecular complexity index is 984. The molecule has 3 atom stereocenters. The number of quaternary nitrogens is 1. The molecule has 0 rings (SSSR count). The van der Waals surface area contributed by atoms with E-state index in [-0.39, 0.29) is 19.1 Å². The Morgan fingerprint density at radius 1 is 0.579 bits per heavy atom. The highest BCUT2D eigenvalue weighted by molar-refractivity contribution is 7.47. The summed E-state index contributed by atoms with van der Waals surface area (Å²) >= 11 is 0. The predicted octanol–water partition coefficient (Wildman–Crippen LogP) is 13.7. The van der Waals surface area contributed by atoms with Crippen LogP contribution >= 0.6 is 7.82 Å². The molecular weight excluding hydrogens is 732 g/mol. The minimum atomic E-state index is -4.32. The van der Waals surface area contributed by atoms with Gasteiger partial charge >= 0.3 is 7.82 Å². The molecule has 338 valence electrons. The lowest BCUT2D eigenvalue weighted by atomic mass is 10.0. The Hall–Kier alpha value is -1.02. The highest BCUT2D eigenvalue weighted by atomic mass is 31.2. The zero-order chi connectivity index (χ0) is 42.1. The van der Waals surface area contributed by atoms with Crippen molar-refractivity contribution in [2.24, 2.45) is 0 Å². The van der Waals surface area contributed by atoms with E-state index in [2.05, 4.69) is 43.5 Å². The summed E-state index contributed by atoms with van der Waals surface area (Å²) in [5.74, 6) is -0.154. The summed E-state index contributed by atoms with van der Waals surface area (Å²) in [6.45, 7) is 4.86. The summed E-state index contributed by atoms with van der Waals surface area (Å²) in [4.78, 5) is 23.2. The number of nitrogens with zero attached hydrogens (tertiary/aromatic N) is 1. The molecule has 0 heterocycles. The highest BCUT2D eigenvalue weighted by Gasteiger charge is 2.28. The number of hydrogen-bond donors (Lipinski definition) is 3. The topological polar surface area (TPSA) is 105 Å². The van der Waals surface area contributed by atoms with Crippen molar-refractivity contribution in [1.82, 2.24) is 5.32 Å². The van der Waals surface area contributed by atoms with Gasteiger partial charge in [0.25, 0.3) is 0 Å². The largest absolute Gasteiger partial charge is 0.472 e. The van der Waals surface area contributed by atoms with Crippen molar-refractivity contribution >= 4 is 13.7 Å². The second-order valence-electron chi connectivity index (χ2n) is 17.8. The average molecular weight is 828 g/mol. The second kappa shape index (κ2) is 40.4. The van der Waals surface area contributed by atoms with Crippen LogP contribution in [0.2, 0.25) is 0 Å². The molecule has 0 saturated heterocycles. The van der Waals surface area contributed by atoms with Crippen molar-refractivity contribution in [1.29, 1.82) is 0 Å². The third-order valence-corrected chi connectivity index (χ3v) is 11.9. The molecule has 1 amide bonds. The number of phosphoric acid groups is 1. The van der Waals surface area contributed by atoms with Crippen LogP contribution < -0.4 is 5.32 Å². The number of amides is 1. The number of aliphatic hydroxyl groups excluding tert-OH is 1. The fourth-order valence-corrected chi connectivity index (χ4v) is 7.77. The highest BCUT2D eigenvalue weighted by Crippen LogP contribution is 2.43. The van der Waals surface area contributed by atoms with E-state index < -0.39 is 20.0 Å². The van der Waals surface area contributed by atoms with E-state index in [4.69, 9.17) is 9.05 Å². The lowest BCUT2D eigenvalue weighted by Crippen LogP contribution is -2.46. The monoisotopic (exact) mass is 828 g/mol. The first-order valence-electron chi connectivity index (χ1n) is 24.2. The molecule has 3 N–H and O–H groups in total. The molecule has 0 bridgehead atoms. The van der Waals surface area contributed by atoms with Crippen LogP contribution in [-0.4, -0.2) is 73.4 Å². The third-order valence-electron chi connectivity index (χ3n) is 10.9. The molecule has 8 nitrogen and oxygen atoms in total. The van der Waals surface area contributed by atoms with E-state index in [9.17, 15) is 19.4 Å². The number of phosphoric ester groups is 1. The molecule has 0 radical (unpaired) electrons. The first kappa shape index (κ1) is 56.0. The van der Waals surface area contributed by atoms with Crippen LogP contribution in [0.3, 0.4) is 0 Å². The van der Waals surface area contributed by atoms with Crippen molar-refractivity contribution in [3.63, 3.8) is 0 Å². The van der Waals surface area contributed by atoms with Crippen LogP contribution in [0.15, 0.2) is 24.3 Å². The lowest BCUT2D eigenvalue weighted by molar-refractivity contribution is -0.870. The Kier molecular flexibility index (Phi) is 39.7. The first-order valence-corrected chi connectivity index (χ1v) is 25.7. The minimum absolute atomic E-state index is 0.0705. The Morgan fingerprint density at radius 3 is 1.35 bits per heavy atom. The first-order chi connectivity index (χ1) is 27.5. The van der Waals surface area contributed by atoms with Crippen molar-refractivity contribution < 1.29 is 32.9 Å². The molecule has 0 aromatic carbocycles. The number of carbonyl (C=O) groups excluding carboxylic acids is 1. The fourth-order valence-electron chi connectivity index (χ4n) is 7.04. The smallest absolute Gasteiger partial charge is 0.391 e. The van der Waals surface area contributed by atoms with Crippen molar-refractivity contribution in [3.8, 4) is 0 Å². The zero-order valence-electron chi connectivity index (χ0n) is 38.3. The van der Waals surface area contributed by atoms with Gasteiger partial charge in [0.15, 0.2) is 0 Å². The fraction of sp³-hybridized carbons (Fsp3) is 0.896. The van der Waals surface area contributed by atoms with Crippen LogP contribution in [0.1, 0.15) is 226 Å². The summed E-state index contributed by atoms with van der Waals surface area (Å²) in [6, 6.07) is -0.773. The molecule has 0 aliphatic heterocycles. The van der Waals surface area contributed by atoms with Gasteiger partial charge in [-0.15, -0.1) is 0 Å². The van der Waals surface area contributed by atoms with E-state index >= 15 is 0 Å². The second-order valence-corrected chi connectivity index (χ2v) is 19.3. The molecule has 0 aliphatic rings. The van der Waals surface area contributed by atoms with Gasteiger partial charge in [-0.3, -0.25) is 13.8 Å². The summed E-state index contributed by atoms with van der Waals surface area (Å²) in [5, 5.41) is 13.9. The van der Waals surface area contributed by atoms with Gasteiger partial charge in [-0.1, -0.05) is 179 Å². The summed E-state index contributed by atoms with van der Waals surface area (Å²) in [6.07, 6.45) is 47.9. The van der Waals surface area contributed by atoms with Crippen LogP contribution in [0.25, 0.3) is 0 Å². The average Bonchev–Trinajstić information content (AvgIpc) is 3.16. The van der Waals surface area contributed by atoms with Crippen LogP contribution in [0.4, 0.5) is 0 Å². The molecule has 0 fully saturated rings. The van der Waals surface area contributed by atoms with Crippen LogP contribution in [-0.2, 0) is 18.4 Å². The lowest BCUT2D eigenvalue weighted by Gasteiger charge is -2.26. The molecule has 0 aromatic rings. The number of allylic oxidation sites excluding steroid dienone is 4. The molecule has 9 heteroatoms. The zero-order valence-corrected chi connectivity index (χ0v) is 39.2. The number of carbonyl (C=O) groups is 1. The van der Waals surface area contributed by atoms with Gasteiger partial charge in [-0.2, -0.15) is 0 Å². The molecular formula is C48H96N2O6P+. The van der Waals surface area contributed by atoms with E-state index in [0.29, 0.717) is 23.9 Å². The quantitative estimate of drug-likeness (QED) is 0.0244. The molecule has 0 saturated carbocycles. The van der Waals surface area contributed by atoms with Crippen molar-refractivity contribution in [2.45, 2.75) is 238 Å². The maximum atomic E-state index is 12.9. The number of likely N-dealkylation sites (N-methyl/N-ethyl adjacent to an activating group) is 1. The van der Waals surface area contributed by atoms with Gasteiger partial charge in [0.1, 0.15) is 13.2 Å². The molecule has 0 aliphatic carbocycles. The molecule has 0 aromatic heterocycles. The van der Waals surface area contributed by atoms with Gasteiger partial charge in [-0.05, 0) is 64.2 Å². The Labute approximate surface area is 354 Å². The van der Waals surface area contributed by atoms with Gasteiger partial charge in [-0.25, -0.2) is 4.57 Å². The predicted molar refractivity (Wildman–Crippen MR) is 245 cm³/mol. The summed E-state index contributed by atoms with van der Waals surface area (Å²) in [7, 11) is 1.60. The molecule has 0 spiro atoms. The SMILES string of the molecule is CCCCCCCC/C=C/CCCCCCCCCCCCCCCC(=O)N[C@@H](COP(=O)(O)OCC[N+](C)(C)C)[C@H](O)CCCC/C=C/CCCCCCCC. The van der Waals surface area contributed by atoms with Crippen molar-refractivity contribution in [3.05, 3.63) is 24.3 Å². The van der Waals surface area contributed by atoms with E-state index in [1.807, 2.05) is 21.1 Å². The van der Waals surface area contributed by atoms with Gasteiger partial charge in [0, 0.05) is 6.42 Å². The van der Waals surface area contributed by atoms with Gasteiger partial charge in [0.05, 0.1) is 39.9 Å². The number of unbranched alkanes of at least 4 members (excludes halogenated alkanes) is 27. The Balaban J connectivity index is 4.21. The van der Waals surface area contributed by atoms with Crippen LogP contribution in [0.5, 0.6) is 0 Å². The van der Waals surface area contributed by atoms with Gasteiger partial charge < -0.3 is 19.8 Å². The number of nitrogens with one attached hydrogen (secondary N) is 1. The maximum Gasteiger partial charge on any atom is 0.472 e. The standard InChI is InChI=1S/C48H95N2O6P/c1-6-8-10-12-14-16-18-20-21-22-23-24-25-26-27-28-29-30-32-34-36-38-40-42-48(52)49-46(45-56-57(53,54)55-44-43-50(3,4)5)47(51)41-39-37-35-33-31-19-17-15-13-11-9-7-2/h20-21,31,33,46-47,51H,6-19,22-30,32,34-45H2,1-5H3,(H-,49,52,53,54)/p+1/b21-20+,33-31+/t46-,47+/m0/s1. The summed E-state index contributed by atoms with van der Waals surface area (Å²) < 4.78 is 23.6. The van der Waals surface area contributed by atoms with Gasteiger partial charge in [0.2, 0.25) is 5.91 Å². The molecule has 57 heavy (non-hydrogen) atoms. The van der Waals surface area contributed by atoms with E-state index in [1.165, 1.54) is 154 Å². The maximum absolute atomic E-state index is 12.9. The minimum Gasteiger partial charge on any atom is -0.391 e. The Morgan fingerprint density at radius 2 is 0.947 bits per heavy atom. The number of hydrogen-bond acceptors (Lipinski definition) is 5. The third kappa shape index (κ3) is 42.9. The van der Waals surface area contributed by atoms with Crippen molar-refractivity contribution in [2.75, 3.05) is 40.9 Å². The van der Waals surface area contributed by atoms with E-state index in [1.54, 1.807) is 0 Å². The normalized spacial score (nSPS) is 14.4. The molecule has 1 unspecified atom stereocenters. The number of rotatable bonds is 44. The van der Waals surface area contributed by atoms with Crippen LogP contribution in [0, 0.1) is 0 Å². The number of aliphatic hydroxyl groups is 1.